The number of aliphatic hydroxyl groups is 1. The van der Waals surface area contributed by atoms with E-state index in [0.29, 0.717) is 0 Å². The zero-order valence-corrected chi connectivity index (χ0v) is 9.85. The van der Waals surface area contributed by atoms with Gasteiger partial charge in [0.2, 0.25) is 10.0 Å². The van der Waals surface area contributed by atoms with Crippen molar-refractivity contribution in [2.45, 2.75) is 17.9 Å². The summed E-state index contributed by atoms with van der Waals surface area (Å²) in [5, 5.41) is 19.1. The lowest BCUT2D eigenvalue weighted by Gasteiger charge is -2.11. The number of nitrogens with zero attached hydrogens (tertiary/aromatic N) is 1. The molecular formula is C9H12N2O5S. The van der Waals surface area contributed by atoms with Crippen LogP contribution in [-0.2, 0) is 10.0 Å². The molecule has 1 aromatic rings. The van der Waals surface area contributed by atoms with Gasteiger partial charge in [0.25, 0.3) is 5.69 Å². The van der Waals surface area contributed by atoms with Gasteiger partial charge in [0, 0.05) is 18.2 Å². The summed E-state index contributed by atoms with van der Waals surface area (Å²) in [6.07, 6.45) is 0. The molecule has 0 bridgehead atoms. The minimum Gasteiger partial charge on any atom is -0.395 e. The van der Waals surface area contributed by atoms with Crippen LogP contribution in [0, 0.1) is 10.1 Å². The number of nitro groups is 1. The van der Waals surface area contributed by atoms with Crippen molar-refractivity contribution in [3.8, 4) is 0 Å². The number of hydrogen-bond acceptors (Lipinski definition) is 5. The van der Waals surface area contributed by atoms with Crippen molar-refractivity contribution in [2.75, 3.05) is 6.61 Å². The Labute approximate surface area is 98.3 Å². The first kappa shape index (κ1) is 13.6. The van der Waals surface area contributed by atoms with Crippen LogP contribution in [0.2, 0.25) is 0 Å². The lowest BCUT2D eigenvalue weighted by molar-refractivity contribution is -0.384. The van der Waals surface area contributed by atoms with E-state index in [1.807, 2.05) is 0 Å². The third kappa shape index (κ3) is 3.48. The molecule has 1 unspecified atom stereocenters. The molecular weight excluding hydrogens is 248 g/mol. The van der Waals surface area contributed by atoms with Crippen molar-refractivity contribution < 1.29 is 18.4 Å². The molecule has 0 aliphatic heterocycles. The van der Waals surface area contributed by atoms with E-state index in [4.69, 9.17) is 5.11 Å². The fourth-order valence-electron chi connectivity index (χ4n) is 1.12. The van der Waals surface area contributed by atoms with Crippen LogP contribution in [0.25, 0.3) is 0 Å². The molecule has 0 saturated heterocycles. The van der Waals surface area contributed by atoms with Crippen molar-refractivity contribution in [2.24, 2.45) is 0 Å². The largest absolute Gasteiger partial charge is 0.395 e. The van der Waals surface area contributed by atoms with Crippen molar-refractivity contribution >= 4 is 15.7 Å². The fraction of sp³-hybridized carbons (Fsp3) is 0.333. The van der Waals surface area contributed by atoms with Crippen LogP contribution in [0.4, 0.5) is 5.69 Å². The van der Waals surface area contributed by atoms with Gasteiger partial charge in [0.15, 0.2) is 0 Å². The molecule has 0 saturated carbocycles. The van der Waals surface area contributed by atoms with Gasteiger partial charge < -0.3 is 5.11 Å². The summed E-state index contributed by atoms with van der Waals surface area (Å²) in [7, 11) is -3.75. The minimum atomic E-state index is -3.75. The highest BCUT2D eigenvalue weighted by molar-refractivity contribution is 7.89. The first-order chi connectivity index (χ1) is 7.86. The second-order valence-electron chi connectivity index (χ2n) is 3.46. The van der Waals surface area contributed by atoms with Crippen LogP contribution in [0.1, 0.15) is 6.92 Å². The maximum atomic E-state index is 11.7. The zero-order valence-electron chi connectivity index (χ0n) is 9.03. The normalized spacial score (nSPS) is 13.3. The number of hydrogen-bond donors (Lipinski definition) is 2. The molecule has 0 aliphatic carbocycles. The maximum Gasteiger partial charge on any atom is 0.269 e. The molecule has 1 aromatic carbocycles. The van der Waals surface area contributed by atoms with Crippen LogP contribution in [0.3, 0.4) is 0 Å². The number of benzene rings is 1. The van der Waals surface area contributed by atoms with Gasteiger partial charge in [-0.2, -0.15) is 0 Å². The summed E-state index contributed by atoms with van der Waals surface area (Å²) >= 11 is 0. The van der Waals surface area contributed by atoms with E-state index in [2.05, 4.69) is 4.72 Å². The lowest BCUT2D eigenvalue weighted by atomic mass is 10.3. The topological polar surface area (TPSA) is 110 Å². The average Bonchev–Trinajstić information content (AvgIpc) is 2.28. The summed E-state index contributed by atoms with van der Waals surface area (Å²) < 4.78 is 25.6. The molecule has 8 heteroatoms. The molecule has 7 nitrogen and oxygen atoms in total. The van der Waals surface area contributed by atoms with E-state index >= 15 is 0 Å². The quantitative estimate of drug-likeness (QED) is 0.582. The highest BCUT2D eigenvalue weighted by Crippen LogP contribution is 2.15. The summed E-state index contributed by atoms with van der Waals surface area (Å²) in [4.78, 5) is 9.70. The standard InChI is InChI=1S/C9H12N2O5S/c1-7(6-12)10-17(15,16)9-4-2-8(3-5-9)11(13)14/h2-5,7,10,12H,6H2,1H3. The van der Waals surface area contributed by atoms with Gasteiger partial charge in [-0.1, -0.05) is 0 Å². The summed E-state index contributed by atoms with van der Waals surface area (Å²) in [6.45, 7) is 1.18. The molecule has 0 aliphatic rings. The summed E-state index contributed by atoms with van der Waals surface area (Å²) in [6, 6.07) is 3.89. The molecule has 1 rings (SSSR count). The number of nitrogens with one attached hydrogen (secondary N) is 1. The Morgan fingerprint density at radius 1 is 1.41 bits per heavy atom. The van der Waals surface area contributed by atoms with Crippen LogP contribution >= 0.6 is 0 Å². The Bertz CT molecular complexity index is 497. The maximum absolute atomic E-state index is 11.7. The molecule has 94 valence electrons. The van der Waals surface area contributed by atoms with Gasteiger partial charge in [-0.25, -0.2) is 13.1 Å². The van der Waals surface area contributed by atoms with Crippen molar-refractivity contribution in [3.63, 3.8) is 0 Å². The monoisotopic (exact) mass is 260 g/mol. The third-order valence-corrected chi connectivity index (χ3v) is 3.59. The van der Waals surface area contributed by atoms with Crippen molar-refractivity contribution in [1.29, 1.82) is 0 Å². The predicted octanol–water partition coefficient (Wildman–Crippen LogP) is 0.254. The second kappa shape index (κ2) is 5.21. The molecule has 0 radical (unpaired) electrons. The average molecular weight is 260 g/mol. The van der Waals surface area contributed by atoms with Gasteiger partial charge >= 0.3 is 0 Å². The number of nitro benzene ring substituents is 1. The van der Waals surface area contributed by atoms with Crippen LogP contribution < -0.4 is 4.72 Å². The molecule has 1 atom stereocenters. The minimum absolute atomic E-state index is 0.0802. The van der Waals surface area contributed by atoms with E-state index < -0.39 is 21.0 Å². The first-order valence-corrected chi connectivity index (χ1v) is 6.23. The van der Waals surface area contributed by atoms with Crippen LogP contribution in [-0.4, -0.2) is 31.1 Å². The number of sulfonamides is 1. The SMILES string of the molecule is CC(CO)NS(=O)(=O)c1ccc([N+](=O)[O-])cc1. The van der Waals surface area contributed by atoms with E-state index in [1.165, 1.54) is 6.92 Å². The summed E-state index contributed by atoms with van der Waals surface area (Å²) in [5.74, 6) is 0. The smallest absolute Gasteiger partial charge is 0.269 e. The van der Waals surface area contributed by atoms with E-state index in [1.54, 1.807) is 0 Å². The molecule has 0 aromatic heterocycles. The number of aliphatic hydroxyl groups excluding tert-OH is 1. The van der Waals surface area contributed by atoms with E-state index in [9.17, 15) is 18.5 Å². The highest BCUT2D eigenvalue weighted by Gasteiger charge is 2.17. The number of non-ortho nitro benzene ring substituents is 1. The Hall–Kier alpha value is -1.51. The van der Waals surface area contributed by atoms with Crippen LogP contribution in [0.5, 0.6) is 0 Å². The van der Waals surface area contributed by atoms with E-state index in [0.717, 1.165) is 24.3 Å². The predicted molar refractivity (Wildman–Crippen MR) is 60.0 cm³/mol. The molecule has 2 N–H and O–H groups in total. The Kier molecular flexibility index (Phi) is 4.16. The van der Waals surface area contributed by atoms with E-state index in [-0.39, 0.29) is 17.2 Å². The van der Waals surface area contributed by atoms with Crippen LogP contribution in [0.15, 0.2) is 29.2 Å². The van der Waals surface area contributed by atoms with Gasteiger partial charge in [-0.05, 0) is 19.1 Å². The van der Waals surface area contributed by atoms with Crippen molar-refractivity contribution in [3.05, 3.63) is 34.4 Å². The van der Waals surface area contributed by atoms with Crippen molar-refractivity contribution in [1.82, 2.24) is 4.72 Å². The first-order valence-electron chi connectivity index (χ1n) is 4.74. The Morgan fingerprint density at radius 2 is 1.94 bits per heavy atom. The van der Waals surface area contributed by atoms with Gasteiger partial charge in [0.05, 0.1) is 16.4 Å². The Morgan fingerprint density at radius 3 is 2.35 bits per heavy atom. The lowest BCUT2D eigenvalue weighted by Crippen LogP contribution is -2.34. The van der Waals surface area contributed by atoms with Gasteiger partial charge in [-0.15, -0.1) is 0 Å². The molecule has 0 amide bonds. The number of rotatable bonds is 5. The zero-order chi connectivity index (χ0) is 13.1. The van der Waals surface area contributed by atoms with Gasteiger partial charge in [0.1, 0.15) is 0 Å². The summed E-state index contributed by atoms with van der Waals surface area (Å²) in [5.41, 5.74) is -0.181. The second-order valence-corrected chi connectivity index (χ2v) is 5.17. The van der Waals surface area contributed by atoms with Gasteiger partial charge in [-0.3, -0.25) is 10.1 Å². The highest BCUT2D eigenvalue weighted by atomic mass is 32.2. The Balaban J connectivity index is 2.96. The molecule has 0 spiro atoms. The third-order valence-electron chi connectivity index (χ3n) is 1.99. The molecule has 17 heavy (non-hydrogen) atoms. The molecule has 0 fully saturated rings. The fourth-order valence-corrected chi connectivity index (χ4v) is 2.35. The molecule has 0 heterocycles.